The van der Waals surface area contributed by atoms with E-state index in [-0.39, 0.29) is 17.2 Å². The zero-order valence-electron chi connectivity index (χ0n) is 11.2. The lowest BCUT2D eigenvalue weighted by molar-refractivity contribution is 0.346. The number of hydrogen-bond acceptors (Lipinski definition) is 5. The Hall–Kier alpha value is -2.53. The van der Waals surface area contributed by atoms with Crippen LogP contribution >= 0.6 is 12.2 Å². The third-order valence-corrected chi connectivity index (χ3v) is 3.51. The van der Waals surface area contributed by atoms with E-state index in [0.29, 0.717) is 21.2 Å². The summed E-state index contributed by atoms with van der Waals surface area (Å²) in [6, 6.07) is 12.5. The third-order valence-electron chi connectivity index (χ3n) is 3.19. The van der Waals surface area contributed by atoms with Gasteiger partial charge in [-0.25, -0.2) is 0 Å². The first kappa shape index (κ1) is 13.5. The second-order valence-corrected chi connectivity index (χ2v) is 4.93. The van der Waals surface area contributed by atoms with E-state index in [9.17, 15) is 10.2 Å². The molecule has 0 bridgehead atoms. The second-order valence-electron chi connectivity index (χ2n) is 4.49. The van der Waals surface area contributed by atoms with Crippen molar-refractivity contribution in [1.29, 1.82) is 0 Å². The van der Waals surface area contributed by atoms with Crippen LogP contribution in [0, 0.1) is 4.51 Å². The van der Waals surface area contributed by atoms with Gasteiger partial charge in [-0.3, -0.25) is 0 Å². The highest BCUT2D eigenvalue weighted by molar-refractivity contribution is 7.71. The van der Waals surface area contributed by atoms with E-state index >= 15 is 0 Å². The third kappa shape index (κ3) is 2.21. The number of aromatic hydroxyl groups is 2. The lowest BCUT2D eigenvalue weighted by Gasteiger charge is -2.10. The quantitative estimate of drug-likeness (QED) is 0.693. The van der Waals surface area contributed by atoms with Crippen LogP contribution < -0.4 is 4.74 Å². The first-order valence-corrected chi connectivity index (χ1v) is 6.65. The van der Waals surface area contributed by atoms with Crippen molar-refractivity contribution >= 4 is 23.2 Å². The number of fused-ring (bicyclic) bond motifs is 1. The highest BCUT2D eigenvalue weighted by atomic mass is 32.1. The van der Waals surface area contributed by atoms with Gasteiger partial charge in [-0.15, -0.1) is 0 Å². The first-order valence-electron chi connectivity index (χ1n) is 6.24. The molecule has 0 spiro atoms. The Bertz CT molecular complexity index is 869. The summed E-state index contributed by atoms with van der Waals surface area (Å²) in [6.45, 7) is 0. The van der Waals surface area contributed by atoms with Gasteiger partial charge in [0, 0.05) is 17.7 Å². The van der Waals surface area contributed by atoms with Crippen molar-refractivity contribution in [3.05, 3.63) is 47.0 Å². The molecule has 0 aliphatic rings. The number of hydrogen-bond donors (Lipinski definition) is 2. The van der Waals surface area contributed by atoms with E-state index in [1.54, 1.807) is 6.07 Å². The summed E-state index contributed by atoms with van der Waals surface area (Å²) in [5.74, 6) is 0.125. The molecule has 2 aromatic carbocycles. The van der Waals surface area contributed by atoms with Crippen molar-refractivity contribution in [3.63, 3.8) is 0 Å². The topological polar surface area (TPSA) is 62.8 Å². The zero-order chi connectivity index (χ0) is 15.0. The highest BCUT2D eigenvalue weighted by Crippen LogP contribution is 2.43. The fraction of sp³-hybridized carbons (Fsp3) is 0.0625. The van der Waals surface area contributed by atoms with Gasteiger partial charge in [-0.05, 0) is 0 Å². The number of phenols is 2. The predicted molar refractivity (Wildman–Crippen MR) is 82.4 cm³/mol. The molecule has 0 atom stereocenters. The molecule has 0 fully saturated rings. The lowest BCUT2D eigenvalue weighted by atomic mass is 10.1. The molecule has 5 heteroatoms. The van der Waals surface area contributed by atoms with Crippen LogP contribution in [0.4, 0.5) is 0 Å². The van der Waals surface area contributed by atoms with E-state index in [1.807, 2.05) is 30.3 Å². The fourth-order valence-corrected chi connectivity index (χ4v) is 2.52. The van der Waals surface area contributed by atoms with Crippen LogP contribution in [-0.2, 0) is 0 Å². The van der Waals surface area contributed by atoms with Crippen LogP contribution in [0.25, 0.3) is 22.3 Å². The minimum atomic E-state index is -0.221. The van der Waals surface area contributed by atoms with Crippen molar-refractivity contribution in [2.24, 2.45) is 0 Å². The van der Waals surface area contributed by atoms with E-state index < -0.39 is 0 Å². The van der Waals surface area contributed by atoms with Crippen molar-refractivity contribution in [1.82, 2.24) is 0 Å². The minimum Gasteiger partial charge on any atom is -0.504 e. The van der Waals surface area contributed by atoms with Crippen molar-refractivity contribution in [3.8, 4) is 28.6 Å². The molecule has 0 saturated carbocycles. The average molecular weight is 300 g/mol. The first-order chi connectivity index (χ1) is 10.1. The minimum absolute atomic E-state index is 0.0174. The smallest absolute Gasteiger partial charge is 0.203 e. The number of phenolic OH excluding ortho intramolecular Hbond substituents is 2. The Kier molecular flexibility index (Phi) is 3.27. The van der Waals surface area contributed by atoms with Gasteiger partial charge in [0.05, 0.1) is 17.0 Å². The average Bonchev–Trinajstić information content (AvgIpc) is 2.47. The second kappa shape index (κ2) is 5.10. The van der Waals surface area contributed by atoms with E-state index in [1.165, 1.54) is 13.2 Å². The lowest BCUT2D eigenvalue weighted by Crippen LogP contribution is -1.88. The van der Waals surface area contributed by atoms with Gasteiger partial charge in [0.2, 0.25) is 5.75 Å². The summed E-state index contributed by atoms with van der Waals surface area (Å²) in [5.41, 5.74) is 1.16. The van der Waals surface area contributed by atoms with Gasteiger partial charge in [-0.2, -0.15) is 0 Å². The van der Waals surface area contributed by atoms with Crippen molar-refractivity contribution < 1.29 is 19.4 Å². The van der Waals surface area contributed by atoms with Crippen molar-refractivity contribution in [2.75, 3.05) is 7.11 Å². The molecule has 1 aromatic heterocycles. The highest BCUT2D eigenvalue weighted by Gasteiger charge is 2.16. The molecule has 3 rings (SSSR count). The molecule has 0 aliphatic carbocycles. The molecule has 0 amide bonds. The number of ether oxygens (including phenoxy) is 1. The van der Waals surface area contributed by atoms with Crippen LogP contribution in [-0.4, -0.2) is 17.3 Å². The Morgan fingerprint density at radius 3 is 2.48 bits per heavy atom. The molecule has 0 saturated heterocycles. The fourth-order valence-electron chi connectivity index (χ4n) is 2.22. The Labute approximate surface area is 125 Å². The molecule has 21 heavy (non-hydrogen) atoms. The molecule has 0 radical (unpaired) electrons. The van der Waals surface area contributed by atoms with Gasteiger partial charge < -0.3 is 19.4 Å². The molecule has 0 aliphatic heterocycles. The molecular formula is C16H12O4S. The van der Waals surface area contributed by atoms with Crippen LogP contribution in [0.3, 0.4) is 0 Å². The van der Waals surface area contributed by atoms with Gasteiger partial charge in [-0.1, -0.05) is 42.5 Å². The van der Waals surface area contributed by atoms with Crippen LogP contribution in [0.1, 0.15) is 0 Å². The summed E-state index contributed by atoms with van der Waals surface area (Å²) in [7, 11) is 1.36. The number of methoxy groups -OCH3 is 1. The molecule has 3 aromatic rings. The Morgan fingerprint density at radius 1 is 1.10 bits per heavy atom. The summed E-state index contributed by atoms with van der Waals surface area (Å²) in [6.07, 6.45) is 0. The van der Waals surface area contributed by atoms with E-state index in [0.717, 1.165) is 5.56 Å². The molecule has 106 valence electrons. The monoisotopic (exact) mass is 300 g/mol. The maximum atomic E-state index is 10.2. The number of benzene rings is 2. The SMILES string of the molecule is COc1c(O)cc2oc(-c3ccccc3)cc(=S)c2c1O. The molecule has 4 nitrogen and oxygen atoms in total. The van der Waals surface area contributed by atoms with Crippen molar-refractivity contribution in [2.45, 2.75) is 0 Å². The maximum absolute atomic E-state index is 10.2. The Balaban J connectivity index is 2.34. The summed E-state index contributed by atoms with van der Waals surface area (Å²) < 4.78 is 11.1. The summed E-state index contributed by atoms with van der Waals surface area (Å²) in [4.78, 5) is 0. The normalized spacial score (nSPS) is 10.7. The van der Waals surface area contributed by atoms with E-state index in [4.69, 9.17) is 21.4 Å². The molecule has 0 unspecified atom stereocenters. The Morgan fingerprint density at radius 2 is 1.81 bits per heavy atom. The summed E-state index contributed by atoms with van der Waals surface area (Å²) >= 11 is 5.32. The predicted octanol–water partition coefficient (Wildman–Crippen LogP) is 4.25. The maximum Gasteiger partial charge on any atom is 0.203 e. The molecule has 1 heterocycles. The van der Waals surface area contributed by atoms with Gasteiger partial charge in [0.25, 0.3) is 0 Å². The molecule has 2 N–H and O–H groups in total. The van der Waals surface area contributed by atoms with Gasteiger partial charge in [0.1, 0.15) is 11.3 Å². The van der Waals surface area contributed by atoms with Gasteiger partial charge >= 0.3 is 0 Å². The van der Waals surface area contributed by atoms with Crippen LogP contribution in [0.2, 0.25) is 0 Å². The zero-order valence-corrected chi connectivity index (χ0v) is 12.0. The van der Waals surface area contributed by atoms with Crippen LogP contribution in [0.15, 0.2) is 46.9 Å². The number of rotatable bonds is 2. The van der Waals surface area contributed by atoms with Crippen LogP contribution in [0.5, 0.6) is 17.2 Å². The van der Waals surface area contributed by atoms with Gasteiger partial charge in [0.15, 0.2) is 11.5 Å². The largest absolute Gasteiger partial charge is 0.504 e. The van der Waals surface area contributed by atoms with E-state index in [2.05, 4.69) is 0 Å². The standard InChI is InChI=1S/C16H12O4S/c1-19-16-10(17)7-12-14(15(16)18)13(21)8-11(20-12)9-5-3-2-4-6-9/h2-8,17-18H,1H3. The molecular weight excluding hydrogens is 288 g/mol. The summed E-state index contributed by atoms with van der Waals surface area (Å²) in [5, 5.41) is 20.4.